The van der Waals surface area contributed by atoms with Gasteiger partial charge in [-0.1, -0.05) is 48.5 Å². The normalized spacial score (nSPS) is 19.9. The first-order valence-corrected chi connectivity index (χ1v) is 8.94. The van der Waals surface area contributed by atoms with Crippen molar-refractivity contribution in [1.82, 2.24) is 4.98 Å². The topological polar surface area (TPSA) is 62.5 Å². The minimum atomic E-state index is -0.858. The number of pyridine rings is 1. The fourth-order valence-electron chi connectivity index (χ4n) is 4.12. The summed E-state index contributed by atoms with van der Waals surface area (Å²) in [5.74, 6) is -1.90. The molecule has 0 bridgehead atoms. The molecule has 0 amide bonds. The number of aromatic nitrogens is 1. The van der Waals surface area contributed by atoms with Crippen molar-refractivity contribution in [3.05, 3.63) is 83.8 Å². The van der Waals surface area contributed by atoms with Gasteiger partial charge in [-0.2, -0.15) is 0 Å². The van der Waals surface area contributed by atoms with Crippen molar-refractivity contribution < 1.29 is 9.90 Å². The third-order valence-corrected chi connectivity index (χ3v) is 5.23. The SMILES string of the molecule is CC1=NC(C)=C(c2cccnc2)C(c2cccc3ccccc23)C1C(=O)O. The van der Waals surface area contributed by atoms with Crippen LogP contribution in [0.2, 0.25) is 0 Å². The van der Waals surface area contributed by atoms with E-state index < -0.39 is 11.9 Å². The number of carboxylic acid groups (broad SMARTS) is 1. The molecular formula is C23H20N2O2. The van der Waals surface area contributed by atoms with Crippen molar-refractivity contribution >= 4 is 28.0 Å². The van der Waals surface area contributed by atoms with Crippen molar-refractivity contribution in [3.8, 4) is 0 Å². The Kier molecular flexibility index (Phi) is 4.32. The van der Waals surface area contributed by atoms with E-state index in [0.29, 0.717) is 5.71 Å². The number of carboxylic acids is 1. The van der Waals surface area contributed by atoms with Gasteiger partial charge in [0.05, 0.1) is 0 Å². The summed E-state index contributed by atoms with van der Waals surface area (Å²) in [5, 5.41) is 12.2. The van der Waals surface area contributed by atoms with Gasteiger partial charge < -0.3 is 5.11 Å². The molecule has 4 rings (SSSR count). The predicted molar refractivity (Wildman–Crippen MR) is 108 cm³/mol. The zero-order valence-electron chi connectivity index (χ0n) is 15.3. The first kappa shape index (κ1) is 17.2. The second-order valence-corrected chi connectivity index (χ2v) is 6.86. The lowest BCUT2D eigenvalue weighted by Gasteiger charge is -2.32. The van der Waals surface area contributed by atoms with Crippen LogP contribution in [0.25, 0.3) is 16.3 Å². The summed E-state index contributed by atoms with van der Waals surface area (Å²) in [6.45, 7) is 3.75. The van der Waals surface area contributed by atoms with E-state index in [2.05, 4.69) is 28.2 Å². The molecule has 1 aromatic heterocycles. The van der Waals surface area contributed by atoms with Gasteiger partial charge in [0.15, 0.2) is 0 Å². The maximum absolute atomic E-state index is 12.2. The van der Waals surface area contributed by atoms with Crippen molar-refractivity contribution in [2.45, 2.75) is 19.8 Å². The van der Waals surface area contributed by atoms with Crippen LogP contribution in [-0.2, 0) is 4.79 Å². The minimum absolute atomic E-state index is 0.324. The lowest BCUT2D eigenvalue weighted by Crippen LogP contribution is -2.32. The number of aliphatic imine (C=N–C) groups is 1. The van der Waals surface area contributed by atoms with Gasteiger partial charge >= 0.3 is 5.97 Å². The van der Waals surface area contributed by atoms with E-state index in [9.17, 15) is 9.90 Å². The molecule has 1 N–H and O–H groups in total. The Labute approximate surface area is 157 Å². The van der Waals surface area contributed by atoms with Gasteiger partial charge in [-0.15, -0.1) is 0 Å². The van der Waals surface area contributed by atoms with Gasteiger partial charge in [0.25, 0.3) is 0 Å². The number of hydrogen-bond donors (Lipinski definition) is 1. The number of rotatable bonds is 3. The number of fused-ring (bicyclic) bond motifs is 1. The Morgan fingerprint density at radius 2 is 1.78 bits per heavy atom. The van der Waals surface area contributed by atoms with E-state index in [0.717, 1.165) is 33.2 Å². The average Bonchev–Trinajstić information content (AvgIpc) is 2.67. The van der Waals surface area contributed by atoms with Crippen LogP contribution < -0.4 is 0 Å². The van der Waals surface area contributed by atoms with Crippen molar-refractivity contribution in [2.75, 3.05) is 0 Å². The fourth-order valence-corrected chi connectivity index (χ4v) is 4.12. The molecule has 134 valence electrons. The highest BCUT2D eigenvalue weighted by Crippen LogP contribution is 2.45. The van der Waals surface area contributed by atoms with Crippen LogP contribution in [0.5, 0.6) is 0 Å². The molecule has 2 unspecified atom stereocenters. The quantitative estimate of drug-likeness (QED) is 0.724. The number of nitrogens with zero attached hydrogens (tertiary/aromatic N) is 2. The Hall–Kier alpha value is -3.27. The third-order valence-electron chi connectivity index (χ3n) is 5.23. The summed E-state index contributed by atoms with van der Waals surface area (Å²) in [6.07, 6.45) is 3.50. The zero-order valence-corrected chi connectivity index (χ0v) is 15.3. The molecule has 0 saturated carbocycles. The van der Waals surface area contributed by atoms with E-state index in [1.54, 1.807) is 19.3 Å². The minimum Gasteiger partial charge on any atom is -0.481 e. The molecule has 1 aliphatic rings. The molecule has 27 heavy (non-hydrogen) atoms. The molecule has 0 fully saturated rings. The molecule has 2 aromatic carbocycles. The van der Waals surface area contributed by atoms with Gasteiger partial charge in [0, 0.05) is 29.7 Å². The van der Waals surface area contributed by atoms with Gasteiger partial charge in [0.1, 0.15) is 5.92 Å². The monoisotopic (exact) mass is 356 g/mol. The summed E-state index contributed by atoms with van der Waals surface area (Å²) >= 11 is 0. The molecule has 1 aliphatic heterocycles. The molecule has 4 heteroatoms. The molecule has 0 aliphatic carbocycles. The lowest BCUT2D eigenvalue weighted by molar-refractivity contribution is -0.139. The molecule has 0 radical (unpaired) electrons. The standard InChI is InChI=1S/C23H20N2O2/c1-14-20(17-9-6-12-24-13-17)22(21(23(26)27)15(2)25-14)19-11-5-8-16-7-3-4-10-18(16)19/h3-13,21-22H,1-2H3,(H,26,27). The highest BCUT2D eigenvalue weighted by atomic mass is 16.4. The number of aliphatic carboxylic acids is 1. The average molecular weight is 356 g/mol. The first-order valence-electron chi connectivity index (χ1n) is 8.94. The summed E-state index contributed by atoms with van der Waals surface area (Å²) in [5.41, 5.74) is 4.32. The third kappa shape index (κ3) is 2.93. The second kappa shape index (κ2) is 6.80. The van der Waals surface area contributed by atoms with Crippen LogP contribution in [0.3, 0.4) is 0 Å². The van der Waals surface area contributed by atoms with Gasteiger partial charge in [-0.25, -0.2) is 0 Å². The summed E-state index contributed by atoms with van der Waals surface area (Å²) in [6, 6.07) is 18.0. The first-order chi connectivity index (χ1) is 13.1. The highest BCUT2D eigenvalue weighted by molar-refractivity contribution is 6.07. The van der Waals surface area contributed by atoms with E-state index in [1.807, 2.05) is 43.3 Å². The van der Waals surface area contributed by atoms with Crippen LogP contribution in [0.15, 0.2) is 77.7 Å². The van der Waals surface area contributed by atoms with E-state index in [1.165, 1.54) is 0 Å². The number of hydrogen-bond acceptors (Lipinski definition) is 3. The van der Waals surface area contributed by atoms with Crippen molar-refractivity contribution in [1.29, 1.82) is 0 Å². The Balaban J connectivity index is 2.03. The van der Waals surface area contributed by atoms with Crippen molar-refractivity contribution in [3.63, 3.8) is 0 Å². The Morgan fingerprint density at radius 1 is 1.00 bits per heavy atom. The largest absolute Gasteiger partial charge is 0.481 e. The molecular weight excluding hydrogens is 336 g/mol. The molecule has 4 nitrogen and oxygen atoms in total. The second-order valence-electron chi connectivity index (χ2n) is 6.86. The van der Waals surface area contributed by atoms with Crippen LogP contribution in [-0.4, -0.2) is 21.8 Å². The summed E-state index contributed by atoms with van der Waals surface area (Å²) in [7, 11) is 0. The van der Waals surface area contributed by atoms with Gasteiger partial charge in [0.2, 0.25) is 0 Å². The molecule has 2 atom stereocenters. The number of allylic oxidation sites excluding steroid dienone is 2. The molecule has 3 aromatic rings. The van der Waals surface area contributed by atoms with Crippen LogP contribution in [0, 0.1) is 5.92 Å². The maximum Gasteiger partial charge on any atom is 0.313 e. The van der Waals surface area contributed by atoms with Crippen LogP contribution in [0.1, 0.15) is 30.9 Å². The summed E-state index contributed by atoms with van der Waals surface area (Å²) < 4.78 is 0. The Bertz CT molecular complexity index is 1080. The zero-order chi connectivity index (χ0) is 19.0. The molecule has 0 saturated heterocycles. The van der Waals surface area contributed by atoms with E-state index in [4.69, 9.17) is 0 Å². The Morgan fingerprint density at radius 3 is 2.52 bits per heavy atom. The van der Waals surface area contributed by atoms with Crippen LogP contribution >= 0.6 is 0 Å². The van der Waals surface area contributed by atoms with Crippen molar-refractivity contribution in [2.24, 2.45) is 10.9 Å². The lowest BCUT2D eigenvalue weighted by atomic mass is 9.72. The smallest absolute Gasteiger partial charge is 0.313 e. The maximum atomic E-state index is 12.2. The van der Waals surface area contributed by atoms with Gasteiger partial charge in [-0.3, -0.25) is 14.8 Å². The number of carbonyl (C=O) groups is 1. The fraction of sp³-hybridized carbons (Fsp3) is 0.174. The highest BCUT2D eigenvalue weighted by Gasteiger charge is 2.39. The molecule has 2 heterocycles. The summed E-state index contributed by atoms with van der Waals surface area (Å²) in [4.78, 5) is 21.1. The van der Waals surface area contributed by atoms with E-state index in [-0.39, 0.29) is 5.92 Å². The van der Waals surface area contributed by atoms with Crippen LogP contribution in [0.4, 0.5) is 0 Å². The predicted octanol–water partition coefficient (Wildman–Crippen LogP) is 4.92. The number of benzene rings is 2. The molecule has 0 spiro atoms. The van der Waals surface area contributed by atoms with E-state index >= 15 is 0 Å². The van der Waals surface area contributed by atoms with Gasteiger partial charge in [-0.05, 0) is 47.4 Å².